The number of aryl methyl sites for hydroxylation is 1. The van der Waals surface area contributed by atoms with Crippen molar-refractivity contribution in [2.75, 3.05) is 6.54 Å². The molecule has 1 atom stereocenters. The Kier molecular flexibility index (Phi) is 6.86. The normalized spacial score (nSPS) is 16.2. The number of allylic oxidation sites excluding steroid dienone is 1. The number of benzene rings is 3. The Labute approximate surface area is 185 Å². The zero-order valence-electron chi connectivity index (χ0n) is 17.7. The molecule has 0 fully saturated rings. The monoisotopic (exact) mass is 411 g/mol. The summed E-state index contributed by atoms with van der Waals surface area (Å²) in [4.78, 5) is 6.33. The molecule has 0 saturated heterocycles. The first-order chi connectivity index (χ1) is 14.7. The molecule has 0 aliphatic carbocycles. The molecule has 2 heteroatoms. The van der Waals surface area contributed by atoms with E-state index in [2.05, 4.69) is 92.4 Å². The van der Waals surface area contributed by atoms with Crippen LogP contribution in [0.1, 0.15) is 35.1 Å². The largest absolute Gasteiger partial charge is 0.288 e. The summed E-state index contributed by atoms with van der Waals surface area (Å²) >= 11 is 1.91. The van der Waals surface area contributed by atoms with E-state index >= 15 is 0 Å². The van der Waals surface area contributed by atoms with Gasteiger partial charge in [0.1, 0.15) is 0 Å². The lowest BCUT2D eigenvalue weighted by Crippen LogP contribution is -2.24. The number of hydrogen-bond donors (Lipinski definition) is 0. The van der Waals surface area contributed by atoms with Gasteiger partial charge in [0.05, 0.1) is 5.71 Å². The highest BCUT2D eigenvalue weighted by atomic mass is 32.2. The summed E-state index contributed by atoms with van der Waals surface area (Å²) in [7, 11) is 0. The summed E-state index contributed by atoms with van der Waals surface area (Å²) < 4.78 is 0. The van der Waals surface area contributed by atoms with Crippen LogP contribution in [0.2, 0.25) is 0 Å². The van der Waals surface area contributed by atoms with Crippen molar-refractivity contribution in [1.29, 1.82) is 0 Å². The van der Waals surface area contributed by atoms with Crippen LogP contribution in [0.4, 0.5) is 0 Å². The Hall–Kier alpha value is -2.58. The maximum Gasteiger partial charge on any atom is 0.0503 e. The van der Waals surface area contributed by atoms with Crippen molar-refractivity contribution in [1.82, 2.24) is 0 Å². The van der Waals surface area contributed by atoms with Crippen LogP contribution < -0.4 is 0 Å². The fourth-order valence-corrected chi connectivity index (χ4v) is 5.17. The molecular formula is C28H29NS. The van der Waals surface area contributed by atoms with Crippen molar-refractivity contribution >= 4 is 17.5 Å². The van der Waals surface area contributed by atoms with Crippen molar-refractivity contribution in [3.05, 3.63) is 113 Å². The third-order valence-electron chi connectivity index (χ3n) is 5.67. The van der Waals surface area contributed by atoms with Crippen LogP contribution in [-0.2, 0) is 12.2 Å². The fraction of sp³-hybridized carbons (Fsp3) is 0.250. The minimum Gasteiger partial charge on any atom is -0.288 e. The molecule has 1 heterocycles. The van der Waals surface area contributed by atoms with Crippen LogP contribution in [0.15, 0.2) is 101 Å². The molecule has 1 aliphatic rings. The van der Waals surface area contributed by atoms with Crippen molar-refractivity contribution in [3.63, 3.8) is 0 Å². The van der Waals surface area contributed by atoms with Crippen LogP contribution in [0.3, 0.4) is 0 Å². The minimum absolute atomic E-state index is 0.333. The molecule has 0 bridgehead atoms. The van der Waals surface area contributed by atoms with Crippen molar-refractivity contribution in [2.45, 2.75) is 36.8 Å². The average Bonchev–Trinajstić information content (AvgIpc) is 2.79. The Balaban J connectivity index is 1.55. The first-order valence-corrected chi connectivity index (χ1v) is 11.7. The Morgan fingerprint density at radius 1 is 0.967 bits per heavy atom. The first-order valence-electron chi connectivity index (χ1n) is 10.7. The second-order valence-corrected chi connectivity index (χ2v) is 9.07. The van der Waals surface area contributed by atoms with Gasteiger partial charge in [-0.25, -0.2) is 0 Å². The van der Waals surface area contributed by atoms with Crippen molar-refractivity contribution < 1.29 is 0 Å². The maximum atomic E-state index is 5.02. The minimum atomic E-state index is 0.333. The predicted octanol–water partition coefficient (Wildman–Crippen LogP) is 7.29. The zero-order valence-corrected chi connectivity index (χ0v) is 18.5. The second-order valence-electron chi connectivity index (χ2n) is 8.06. The van der Waals surface area contributed by atoms with Gasteiger partial charge in [0, 0.05) is 28.7 Å². The van der Waals surface area contributed by atoms with Crippen LogP contribution in [0.25, 0.3) is 0 Å². The SMILES string of the molecule is C=C(Cc1ccccc1)C1CCCN=C1c1ccccc1SCc1cccc(C)c1. The standard InChI is InChI=1S/C28H29NS/c1-21-10-8-13-24(18-21)20-30-27-16-7-6-14-26(27)28-25(15-9-17-29-28)22(2)19-23-11-4-3-5-12-23/h3-8,10-14,16,18,25H,2,9,15,17,19-20H2,1H3. The molecule has 4 rings (SSSR count). The number of thioether (sulfide) groups is 1. The van der Waals surface area contributed by atoms with E-state index in [0.29, 0.717) is 5.92 Å². The molecule has 0 spiro atoms. The Morgan fingerprint density at radius 3 is 2.57 bits per heavy atom. The summed E-state index contributed by atoms with van der Waals surface area (Å²) in [5.41, 5.74) is 7.80. The van der Waals surface area contributed by atoms with Crippen LogP contribution in [0, 0.1) is 12.8 Å². The van der Waals surface area contributed by atoms with Gasteiger partial charge in [-0.05, 0) is 43.4 Å². The highest BCUT2D eigenvalue weighted by Gasteiger charge is 2.25. The quantitative estimate of drug-likeness (QED) is 0.294. The van der Waals surface area contributed by atoms with Gasteiger partial charge >= 0.3 is 0 Å². The lowest BCUT2D eigenvalue weighted by molar-refractivity contribution is 0.619. The molecule has 3 aromatic rings. The molecule has 1 nitrogen and oxygen atoms in total. The molecule has 0 amide bonds. The Morgan fingerprint density at radius 2 is 1.73 bits per heavy atom. The highest BCUT2D eigenvalue weighted by Crippen LogP contribution is 2.33. The fourth-order valence-electron chi connectivity index (χ4n) is 4.16. The van der Waals surface area contributed by atoms with E-state index in [0.717, 1.165) is 31.6 Å². The van der Waals surface area contributed by atoms with Gasteiger partial charge in [-0.1, -0.05) is 90.5 Å². The molecule has 3 aromatic carbocycles. The molecular weight excluding hydrogens is 382 g/mol. The molecule has 1 unspecified atom stereocenters. The first kappa shape index (κ1) is 20.7. The third-order valence-corrected chi connectivity index (χ3v) is 6.81. The summed E-state index contributed by atoms with van der Waals surface area (Å²) in [6, 6.07) is 28.2. The van der Waals surface area contributed by atoms with Gasteiger partial charge in [0.2, 0.25) is 0 Å². The molecule has 152 valence electrons. The van der Waals surface area contributed by atoms with E-state index in [4.69, 9.17) is 4.99 Å². The van der Waals surface area contributed by atoms with E-state index in [1.54, 1.807) is 0 Å². The summed E-state index contributed by atoms with van der Waals surface area (Å²) in [5, 5.41) is 0. The number of rotatable bonds is 7. The summed E-state index contributed by atoms with van der Waals surface area (Å²) in [6.07, 6.45) is 3.20. The number of nitrogens with zero attached hydrogens (tertiary/aromatic N) is 1. The van der Waals surface area contributed by atoms with Crippen LogP contribution in [0.5, 0.6) is 0 Å². The van der Waals surface area contributed by atoms with E-state index in [9.17, 15) is 0 Å². The molecule has 1 aliphatic heterocycles. The maximum absolute atomic E-state index is 5.02. The van der Waals surface area contributed by atoms with Gasteiger partial charge in [-0.15, -0.1) is 11.8 Å². The summed E-state index contributed by atoms with van der Waals surface area (Å²) in [5.74, 6) is 1.31. The molecule has 0 saturated carbocycles. The van der Waals surface area contributed by atoms with Gasteiger partial charge in [0.25, 0.3) is 0 Å². The molecule has 0 aromatic heterocycles. The van der Waals surface area contributed by atoms with E-state index in [1.807, 2.05) is 11.8 Å². The lowest BCUT2D eigenvalue weighted by Gasteiger charge is -2.27. The molecule has 30 heavy (non-hydrogen) atoms. The van der Waals surface area contributed by atoms with Gasteiger partial charge in [-0.2, -0.15) is 0 Å². The van der Waals surface area contributed by atoms with E-state index < -0.39 is 0 Å². The predicted molar refractivity (Wildman–Crippen MR) is 131 cm³/mol. The molecule has 0 radical (unpaired) electrons. The topological polar surface area (TPSA) is 12.4 Å². The lowest BCUT2D eigenvalue weighted by atomic mass is 9.82. The van der Waals surface area contributed by atoms with E-state index in [1.165, 1.54) is 38.4 Å². The molecule has 0 N–H and O–H groups in total. The smallest absolute Gasteiger partial charge is 0.0503 e. The van der Waals surface area contributed by atoms with Crippen molar-refractivity contribution in [3.8, 4) is 0 Å². The average molecular weight is 412 g/mol. The second kappa shape index (κ2) is 9.95. The van der Waals surface area contributed by atoms with E-state index in [-0.39, 0.29) is 0 Å². The van der Waals surface area contributed by atoms with Gasteiger partial charge < -0.3 is 0 Å². The number of aliphatic imine (C=N–C) groups is 1. The highest BCUT2D eigenvalue weighted by molar-refractivity contribution is 7.98. The third kappa shape index (κ3) is 5.12. The summed E-state index contributed by atoms with van der Waals surface area (Å²) in [6.45, 7) is 7.57. The van der Waals surface area contributed by atoms with Crippen LogP contribution >= 0.6 is 11.8 Å². The van der Waals surface area contributed by atoms with Gasteiger partial charge in [-0.3, -0.25) is 4.99 Å². The zero-order chi connectivity index (χ0) is 20.8. The van der Waals surface area contributed by atoms with Gasteiger partial charge in [0.15, 0.2) is 0 Å². The van der Waals surface area contributed by atoms with Crippen molar-refractivity contribution in [2.24, 2.45) is 10.9 Å². The Bertz CT molecular complexity index is 1040. The van der Waals surface area contributed by atoms with Crippen LogP contribution in [-0.4, -0.2) is 12.3 Å². The number of hydrogen-bond acceptors (Lipinski definition) is 2.